The number of nitrogens with zero attached hydrogens (tertiary/aromatic N) is 1. The molecule has 2 saturated carbocycles. The fourth-order valence-corrected chi connectivity index (χ4v) is 6.01. The summed E-state index contributed by atoms with van der Waals surface area (Å²) in [4.78, 5) is 63.4. The maximum Gasteiger partial charge on any atom is 0.412 e. The van der Waals surface area contributed by atoms with E-state index in [9.17, 15) is 29.1 Å². The van der Waals surface area contributed by atoms with Crippen LogP contribution in [0, 0.1) is 11.8 Å². The van der Waals surface area contributed by atoms with E-state index < -0.39 is 52.0 Å². The van der Waals surface area contributed by atoms with Crippen molar-refractivity contribution in [1.82, 2.24) is 20.5 Å². The van der Waals surface area contributed by atoms with Crippen molar-refractivity contribution in [3.8, 4) is 0 Å². The molecular weight excluding hydrogens is 574 g/mol. The summed E-state index contributed by atoms with van der Waals surface area (Å²) >= 11 is 4.32. The Labute approximate surface area is 257 Å². The minimum atomic E-state index is -2.30. The zero-order chi connectivity index (χ0) is 31.4. The Hall–Kier alpha value is -3.06. The molecule has 5 N–H and O–H groups in total. The highest BCUT2D eigenvalue weighted by Gasteiger charge is 2.46. The van der Waals surface area contributed by atoms with Crippen LogP contribution in [0.25, 0.3) is 0 Å². The average molecular weight is 620 g/mol. The molecule has 0 radical (unpaired) electrons. The number of thiol groups is 1. The Morgan fingerprint density at radius 2 is 1.79 bits per heavy atom. The zero-order valence-electron chi connectivity index (χ0n) is 25.2. The smallest absolute Gasteiger partial charge is 0.412 e. The highest BCUT2D eigenvalue weighted by Crippen LogP contribution is 2.32. The standard InChI is InChI=1S/C30H45N5O7S/c1-29(2,3)42-28(40)33-21-10-7-15-35(26(21)38)22(16-18-8-5-4-6-9-18)25(37)34-23(17-19-13-14-31-24(19)36)30(41,43)27(39)32-20-11-12-20/h7,10,15,18-20,22-23,41,43H,4-6,8-9,11-14,16-17H2,1-3H3,(H,31,36)(H,32,39)(H,33,40)(H,34,37)/t19-,22-,23-,30-/m0/s1. The molecule has 4 rings (SSSR count). The van der Waals surface area contributed by atoms with Crippen molar-refractivity contribution >= 4 is 42.1 Å². The van der Waals surface area contributed by atoms with Crippen LogP contribution >= 0.6 is 12.6 Å². The Bertz CT molecular complexity index is 1250. The van der Waals surface area contributed by atoms with E-state index in [0.717, 1.165) is 44.9 Å². The van der Waals surface area contributed by atoms with Gasteiger partial charge < -0.3 is 30.4 Å². The number of aliphatic hydroxyl groups is 1. The molecule has 238 valence electrons. The van der Waals surface area contributed by atoms with Crippen molar-refractivity contribution in [3.05, 3.63) is 28.7 Å². The highest BCUT2D eigenvalue weighted by atomic mass is 32.1. The molecule has 12 nitrogen and oxygen atoms in total. The summed E-state index contributed by atoms with van der Waals surface area (Å²) in [6.07, 6.45) is 8.04. The predicted octanol–water partition coefficient (Wildman–Crippen LogP) is 2.61. The Morgan fingerprint density at radius 1 is 1.09 bits per heavy atom. The number of rotatable bonds is 11. The number of hydrogen-bond acceptors (Lipinski definition) is 8. The Balaban J connectivity index is 1.63. The molecule has 4 amide bonds. The normalized spacial score (nSPS) is 22.1. The minimum absolute atomic E-state index is 0.0129. The van der Waals surface area contributed by atoms with Gasteiger partial charge in [-0.2, -0.15) is 0 Å². The maximum atomic E-state index is 14.1. The summed E-state index contributed by atoms with van der Waals surface area (Å²) < 4.78 is 6.57. The number of carbonyl (C=O) groups is 4. The van der Waals surface area contributed by atoms with Gasteiger partial charge in [-0.25, -0.2) is 4.79 Å². The van der Waals surface area contributed by atoms with Gasteiger partial charge in [-0.3, -0.25) is 24.5 Å². The van der Waals surface area contributed by atoms with Gasteiger partial charge in [0.15, 0.2) is 0 Å². The molecule has 2 heterocycles. The number of hydrogen-bond donors (Lipinski definition) is 6. The van der Waals surface area contributed by atoms with Gasteiger partial charge in [0.1, 0.15) is 17.3 Å². The number of aromatic nitrogens is 1. The first-order valence-electron chi connectivity index (χ1n) is 15.3. The first-order chi connectivity index (χ1) is 20.2. The van der Waals surface area contributed by atoms with Gasteiger partial charge >= 0.3 is 6.09 Å². The highest BCUT2D eigenvalue weighted by molar-refractivity contribution is 7.82. The third-order valence-corrected chi connectivity index (χ3v) is 8.78. The van der Waals surface area contributed by atoms with E-state index in [1.807, 2.05) is 0 Å². The molecule has 43 heavy (non-hydrogen) atoms. The molecule has 1 aromatic heterocycles. The van der Waals surface area contributed by atoms with Crippen LogP contribution in [0.4, 0.5) is 10.5 Å². The van der Waals surface area contributed by atoms with E-state index in [1.165, 1.54) is 16.8 Å². The molecule has 0 bridgehead atoms. The Kier molecular flexibility index (Phi) is 10.5. The van der Waals surface area contributed by atoms with E-state index in [2.05, 4.69) is 33.9 Å². The van der Waals surface area contributed by atoms with Crippen LogP contribution in [0.5, 0.6) is 0 Å². The summed E-state index contributed by atoms with van der Waals surface area (Å²) in [5.41, 5.74) is -1.42. The topological polar surface area (TPSA) is 168 Å². The SMILES string of the molecule is CC(C)(C)OC(=O)Nc1cccn([C@@H](CC2CCCCC2)C(=O)N[C@@H](C[C@@H]2CCNC2=O)[C@](O)(S)C(=O)NC2CC2)c1=O. The Morgan fingerprint density at radius 3 is 2.40 bits per heavy atom. The van der Waals surface area contributed by atoms with Gasteiger partial charge in [0, 0.05) is 24.7 Å². The van der Waals surface area contributed by atoms with E-state index in [0.29, 0.717) is 19.4 Å². The molecule has 0 aromatic carbocycles. The number of amides is 4. The lowest BCUT2D eigenvalue weighted by molar-refractivity contribution is -0.137. The molecule has 4 atom stereocenters. The summed E-state index contributed by atoms with van der Waals surface area (Å²) in [5.74, 6) is -1.91. The van der Waals surface area contributed by atoms with Crippen LogP contribution in [-0.4, -0.2) is 62.7 Å². The fraction of sp³-hybridized carbons (Fsp3) is 0.700. The second-order valence-corrected chi connectivity index (χ2v) is 13.7. The van der Waals surface area contributed by atoms with Gasteiger partial charge in [-0.05, 0) is 70.9 Å². The lowest BCUT2D eigenvalue weighted by Crippen LogP contribution is -2.59. The fourth-order valence-electron chi connectivity index (χ4n) is 5.77. The third kappa shape index (κ3) is 8.98. The molecule has 1 saturated heterocycles. The molecule has 3 aliphatic rings. The van der Waals surface area contributed by atoms with Crippen LogP contribution in [0.2, 0.25) is 0 Å². The first kappa shape index (κ1) is 32.8. The van der Waals surface area contributed by atoms with Crippen molar-refractivity contribution in [2.45, 2.75) is 114 Å². The second kappa shape index (κ2) is 13.7. The average Bonchev–Trinajstić information content (AvgIpc) is 3.66. The molecule has 1 aliphatic heterocycles. The maximum absolute atomic E-state index is 14.1. The summed E-state index contributed by atoms with van der Waals surface area (Å²) in [7, 11) is 0. The van der Waals surface area contributed by atoms with Gasteiger partial charge in [0.2, 0.25) is 16.7 Å². The van der Waals surface area contributed by atoms with Gasteiger partial charge in [0.25, 0.3) is 11.5 Å². The van der Waals surface area contributed by atoms with Crippen molar-refractivity contribution in [3.63, 3.8) is 0 Å². The van der Waals surface area contributed by atoms with Crippen LogP contribution in [0.1, 0.15) is 91.0 Å². The van der Waals surface area contributed by atoms with Crippen molar-refractivity contribution in [1.29, 1.82) is 0 Å². The van der Waals surface area contributed by atoms with Crippen molar-refractivity contribution < 1.29 is 29.0 Å². The number of anilines is 1. The monoisotopic (exact) mass is 619 g/mol. The summed E-state index contributed by atoms with van der Waals surface area (Å²) in [6, 6.07) is 0.715. The number of ether oxygens (including phenoxy) is 1. The van der Waals surface area contributed by atoms with Crippen molar-refractivity contribution in [2.24, 2.45) is 11.8 Å². The van der Waals surface area contributed by atoms with Crippen LogP contribution in [-0.2, 0) is 19.1 Å². The van der Waals surface area contributed by atoms with Crippen LogP contribution in [0.15, 0.2) is 23.1 Å². The van der Waals surface area contributed by atoms with E-state index in [-0.39, 0.29) is 30.0 Å². The largest absolute Gasteiger partial charge is 0.444 e. The number of nitrogens with one attached hydrogen (secondary N) is 4. The number of carbonyl (C=O) groups excluding carboxylic acids is 4. The molecular formula is C30H45N5O7S. The lowest BCUT2D eigenvalue weighted by atomic mass is 9.84. The lowest BCUT2D eigenvalue weighted by Gasteiger charge is -2.34. The molecule has 0 unspecified atom stereocenters. The molecule has 2 aliphatic carbocycles. The van der Waals surface area contributed by atoms with Crippen molar-refractivity contribution in [2.75, 3.05) is 11.9 Å². The molecule has 3 fully saturated rings. The summed E-state index contributed by atoms with van der Waals surface area (Å²) in [5, 5.41) is 22.1. The predicted molar refractivity (Wildman–Crippen MR) is 164 cm³/mol. The molecule has 0 spiro atoms. The van der Waals surface area contributed by atoms with Gasteiger partial charge in [-0.1, -0.05) is 32.1 Å². The number of pyridine rings is 1. The van der Waals surface area contributed by atoms with E-state index in [4.69, 9.17) is 4.74 Å². The van der Waals surface area contributed by atoms with Crippen LogP contribution < -0.4 is 26.8 Å². The third-order valence-electron chi connectivity index (χ3n) is 8.26. The molecule has 13 heteroatoms. The molecule has 1 aromatic rings. The van der Waals surface area contributed by atoms with Gasteiger partial charge in [0.05, 0.1) is 6.04 Å². The quantitative estimate of drug-likeness (QED) is 0.164. The van der Waals surface area contributed by atoms with Crippen LogP contribution in [0.3, 0.4) is 0 Å². The van der Waals surface area contributed by atoms with E-state index in [1.54, 1.807) is 26.8 Å². The second-order valence-electron chi connectivity index (χ2n) is 13.1. The zero-order valence-corrected chi connectivity index (χ0v) is 26.1. The summed E-state index contributed by atoms with van der Waals surface area (Å²) in [6.45, 7) is 5.58. The first-order valence-corrected chi connectivity index (χ1v) is 15.7. The minimum Gasteiger partial charge on any atom is -0.444 e. The van der Waals surface area contributed by atoms with E-state index >= 15 is 0 Å². The van der Waals surface area contributed by atoms with Gasteiger partial charge in [-0.15, -0.1) is 12.6 Å².